The molecule has 42 valence electrons. The van der Waals surface area contributed by atoms with Crippen molar-refractivity contribution in [1.29, 1.82) is 0 Å². The standard InChI is InChI=1S/C2H5NO3S/c1-2-3-7(4,5)6/h2-3H,1H2,(H,4,5,6). The second-order valence-corrected chi connectivity index (χ2v) is 1.98. The number of hydrogen-bond acceptors (Lipinski definition) is 2. The topological polar surface area (TPSA) is 66.4 Å². The van der Waals surface area contributed by atoms with Crippen molar-refractivity contribution < 1.29 is 13.0 Å². The van der Waals surface area contributed by atoms with Gasteiger partial charge in [-0.3, -0.25) is 9.27 Å². The van der Waals surface area contributed by atoms with Crippen LogP contribution >= 0.6 is 0 Å². The second-order valence-electron chi connectivity index (χ2n) is 0.797. The van der Waals surface area contributed by atoms with Crippen molar-refractivity contribution in [3.63, 3.8) is 0 Å². The molecule has 0 amide bonds. The van der Waals surface area contributed by atoms with Gasteiger partial charge in [-0.15, -0.1) is 0 Å². The summed E-state index contributed by atoms with van der Waals surface area (Å²) in [6, 6.07) is 0. The predicted octanol–water partition coefficient (Wildman–Crippen LogP) is -0.478. The van der Waals surface area contributed by atoms with E-state index in [1.54, 1.807) is 4.72 Å². The highest BCUT2D eigenvalue weighted by Gasteiger charge is 1.92. The summed E-state index contributed by atoms with van der Waals surface area (Å²) in [6.07, 6.45) is 0.870. The molecule has 0 saturated carbocycles. The van der Waals surface area contributed by atoms with E-state index in [4.69, 9.17) is 4.55 Å². The highest BCUT2D eigenvalue weighted by Crippen LogP contribution is 1.67. The molecular formula is C2H5NO3S. The number of rotatable bonds is 2. The van der Waals surface area contributed by atoms with Gasteiger partial charge in [0.25, 0.3) is 0 Å². The maximum Gasteiger partial charge on any atom is 0.357 e. The maximum atomic E-state index is 9.60. The van der Waals surface area contributed by atoms with Gasteiger partial charge in [0.05, 0.1) is 0 Å². The molecule has 0 unspecified atom stereocenters. The summed E-state index contributed by atoms with van der Waals surface area (Å²) in [5.41, 5.74) is 0. The van der Waals surface area contributed by atoms with Crippen LogP contribution in [0.4, 0.5) is 0 Å². The van der Waals surface area contributed by atoms with Crippen LogP contribution in [0.2, 0.25) is 0 Å². The fraction of sp³-hybridized carbons (Fsp3) is 0. The van der Waals surface area contributed by atoms with Gasteiger partial charge in [-0.1, -0.05) is 6.58 Å². The second kappa shape index (κ2) is 1.94. The van der Waals surface area contributed by atoms with E-state index in [1.165, 1.54) is 0 Å². The largest absolute Gasteiger partial charge is 0.357 e. The first-order valence-corrected chi connectivity index (χ1v) is 2.86. The van der Waals surface area contributed by atoms with E-state index in [1.807, 2.05) is 0 Å². The minimum absolute atomic E-state index is 0.870. The van der Waals surface area contributed by atoms with E-state index < -0.39 is 10.3 Å². The molecule has 0 aromatic rings. The first-order chi connectivity index (χ1) is 3.06. The van der Waals surface area contributed by atoms with Gasteiger partial charge >= 0.3 is 10.3 Å². The van der Waals surface area contributed by atoms with Crippen molar-refractivity contribution >= 4 is 10.3 Å². The monoisotopic (exact) mass is 123 g/mol. The Kier molecular flexibility index (Phi) is 1.79. The minimum atomic E-state index is -4.04. The van der Waals surface area contributed by atoms with Gasteiger partial charge in [0.15, 0.2) is 0 Å². The van der Waals surface area contributed by atoms with Crippen LogP contribution in [-0.2, 0) is 10.3 Å². The van der Waals surface area contributed by atoms with Crippen molar-refractivity contribution in [1.82, 2.24) is 4.72 Å². The van der Waals surface area contributed by atoms with Crippen molar-refractivity contribution in [3.8, 4) is 0 Å². The van der Waals surface area contributed by atoms with Gasteiger partial charge < -0.3 is 0 Å². The Morgan fingerprint density at radius 3 is 2.14 bits per heavy atom. The van der Waals surface area contributed by atoms with E-state index in [9.17, 15) is 8.42 Å². The molecule has 0 bridgehead atoms. The minimum Gasteiger partial charge on any atom is -0.269 e. The molecular weight excluding hydrogens is 118 g/mol. The lowest BCUT2D eigenvalue weighted by Crippen LogP contribution is -2.14. The first-order valence-electron chi connectivity index (χ1n) is 1.42. The summed E-state index contributed by atoms with van der Waals surface area (Å²) < 4.78 is 28.6. The molecule has 0 aliphatic rings. The van der Waals surface area contributed by atoms with Crippen LogP contribution in [0.15, 0.2) is 12.8 Å². The molecule has 0 radical (unpaired) electrons. The summed E-state index contributed by atoms with van der Waals surface area (Å²) in [5, 5.41) is 0. The van der Waals surface area contributed by atoms with E-state index in [0.717, 1.165) is 6.20 Å². The number of nitrogens with one attached hydrogen (secondary N) is 1. The lowest BCUT2D eigenvalue weighted by atomic mass is 11.1. The van der Waals surface area contributed by atoms with Crippen molar-refractivity contribution in [2.75, 3.05) is 0 Å². The van der Waals surface area contributed by atoms with Gasteiger partial charge in [-0.2, -0.15) is 8.42 Å². The molecule has 2 N–H and O–H groups in total. The fourth-order valence-corrected chi connectivity index (χ4v) is 0.316. The predicted molar refractivity (Wildman–Crippen MR) is 24.9 cm³/mol. The van der Waals surface area contributed by atoms with Gasteiger partial charge in [0, 0.05) is 6.20 Å². The molecule has 0 saturated heterocycles. The van der Waals surface area contributed by atoms with Crippen molar-refractivity contribution in [3.05, 3.63) is 12.8 Å². The molecule has 0 aromatic carbocycles. The normalized spacial score (nSPS) is 10.4. The summed E-state index contributed by atoms with van der Waals surface area (Å²) in [4.78, 5) is 0. The fourth-order valence-electron chi connectivity index (χ4n) is 0.105. The molecule has 4 nitrogen and oxygen atoms in total. The van der Waals surface area contributed by atoms with Crippen LogP contribution < -0.4 is 4.72 Å². The van der Waals surface area contributed by atoms with Gasteiger partial charge in [-0.25, -0.2) is 0 Å². The Bertz CT molecular complexity index is 146. The third-order valence-electron chi connectivity index (χ3n) is 0.232. The molecule has 0 atom stereocenters. The molecule has 0 aromatic heterocycles. The molecule has 0 heterocycles. The van der Waals surface area contributed by atoms with E-state index in [-0.39, 0.29) is 0 Å². The number of hydrogen-bond donors (Lipinski definition) is 2. The molecule has 0 spiro atoms. The smallest absolute Gasteiger partial charge is 0.269 e. The van der Waals surface area contributed by atoms with Crippen molar-refractivity contribution in [2.45, 2.75) is 0 Å². The lowest BCUT2D eigenvalue weighted by molar-refractivity contribution is 0.476. The van der Waals surface area contributed by atoms with Gasteiger partial charge in [0.2, 0.25) is 0 Å². The third kappa shape index (κ3) is 5.45. The summed E-state index contributed by atoms with van der Waals surface area (Å²) >= 11 is 0. The van der Waals surface area contributed by atoms with Gasteiger partial charge in [-0.05, 0) is 0 Å². The zero-order valence-electron chi connectivity index (χ0n) is 3.46. The Morgan fingerprint density at radius 2 is 2.14 bits per heavy atom. The van der Waals surface area contributed by atoms with Crippen LogP contribution in [0.5, 0.6) is 0 Å². The Morgan fingerprint density at radius 1 is 1.71 bits per heavy atom. The average molecular weight is 123 g/mol. The van der Waals surface area contributed by atoms with Crippen LogP contribution in [0.1, 0.15) is 0 Å². The third-order valence-corrected chi connectivity index (χ3v) is 0.697. The highest BCUT2D eigenvalue weighted by atomic mass is 32.2. The van der Waals surface area contributed by atoms with Crippen LogP contribution in [0, 0.1) is 0 Å². The molecule has 7 heavy (non-hydrogen) atoms. The van der Waals surface area contributed by atoms with E-state index >= 15 is 0 Å². The van der Waals surface area contributed by atoms with E-state index in [0.29, 0.717) is 0 Å². The Hall–Kier alpha value is -0.550. The molecule has 0 fully saturated rings. The quantitative estimate of drug-likeness (QED) is 0.487. The van der Waals surface area contributed by atoms with Crippen LogP contribution in [0.3, 0.4) is 0 Å². The Balaban J connectivity index is 3.84. The lowest BCUT2D eigenvalue weighted by Gasteiger charge is -1.87. The summed E-state index contributed by atoms with van der Waals surface area (Å²) in [7, 11) is -4.04. The highest BCUT2D eigenvalue weighted by molar-refractivity contribution is 7.83. The SMILES string of the molecule is C=CNS(=O)(=O)O. The van der Waals surface area contributed by atoms with Crippen LogP contribution in [-0.4, -0.2) is 13.0 Å². The zero-order valence-corrected chi connectivity index (χ0v) is 4.27. The molecule has 0 rings (SSSR count). The van der Waals surface area contributed by atoms with Crippen LogP contribution in [0.25, 0.3) is 0 Å². The summed E-state index contributed by atoms with van der Waals surface area (Å²) in [6.45, 7) is 3.00. The molecule has 0 aliphatic heterocycles. The zero-order chi connectivity index (χ0) is 5.91. The first kappa shape index (κ1) is 6.45. The summed E-state index contributed by atoms with van der Waals surface area (Å²) in [5.74, 6) is 0. The molecule has 5 heteroatoms. The maximum absolute atomic E-state index is 9.60. The van der Waals surface area contributed by atoms with Crippen molar-refractivity contribution in [2.24, 2.45) is 0 Å². The van der Waals surface area contributed by atoms with Gasteiger partial charge in [0.1, 0.15) is 0 Å². The molecule has 0 aliphatic carbocycles. The van der Waals surface area contributed by atoms with E-state index in [2.05, 4.69) is 6.58 Å². The average Bonchev–Trinajstić information content (AvgIpc) is 1.30. The Labute approximate surface area is 41.7 Å².